The zero-order valence-electron chi connectivity index (χ0n) is 18.2. The zero-order chi connectivity index (χ0) is 23.6. The van der Waals surface area contributed by atoms with Crippen LogP contribution < -0.4 is 5.32 Å². The van der Waals surface area contributed by atoms with E-state index < -0.39 is 10.0 Å². The van der Waals surface area contributed by atoms with E-state index in [2.05, 4.69) is 26.3 Å². The van der Waals surface area contributed by atoms with E-state index in [1.54, 1.807) is 42.0 Å². The molecular weight excluding hydrogens is 526 g/mol. The molecule has 0 aliphatic heterocycles. The molecule has 0 aliphatic rings. The van der Waals surface area contributed by atoms with Crippen LogP contribution in [0.15, 0.2) is 70.2 Å². The van der Waals surface area contributed by atoms with Gasteiger partial charge in [0.15, 0.2) is 5.65 Å². The number of nitrogens with zero attached hydrogens (tertiary/aromatic N) is 4. The molecule has 0 spiro atoms. The molecule has 0 radical (unpaired) electrons. The average Bonchev–Trinajstić information content (AvgIpc) is 3.18. The molecule has 33 heavy (non-hydrogen) atoms. The van der Waals surface area contributed by atoms with Crippen molar-refractivity contribution in [2.75, 3.05) is 25.5 Å². The van der Waals surface area contributed by atoms with Crippen LogP contribution in [0, 0.1) is 6.92 Å². The van der Waals surface area contributed by atoms with Gasteiger partial charge in [-0.3, -0.25) is 0 Å². The molecule has 0 aliphatic carbocycles. The summed E-state index contributed by atoms with van der Waals surface area (Å²) >= 11 is 9.88. The fourth-order valence-electron chi connectivity index (χ4n) is 3.40. The van der Waals surface area contributed by atoms with Gasteiger partial charge >= 0.3 is 0 Å². The van der Waals surface area contributed by atoms with Gasteiger partial charge in [0.1, 0.15) is 5.82 Å². The van der Waals surface area contributed by atoms with Gasteiger partial charge < -0.3 is 5.32 Å². The third-order valence-corrected chi connectivity index (χ3v) is 8.02. The Kier molecular flexibility index (Phi) is 7.04. The van der Waals surface area contributed by atoms with Crippen LogP contribution in [0.2, 0.25) is 5.02 Å². The van der Waals surface area contributed by atoms with Crippen molar-refractivity contribution in [3.8, 4) is 11.3 Å². The summed E-state index contributed by atoms with van der Waals surface area (Å²) in [5.41, 5.74) is 3.22. The molecule has 0 unspecified atom stereocenters. The normalized spacial score (nSPS) is 11.9. The highest BCUT2D eigenvalue weighted by atomic mass is 79.9. The van der Waals surface area contributed by atoms with E-state index in [-0.39, 0.29) is 0 Å². The number of hydrogen-bond acceptors (Lipinski definition) is 5. The Morgan fingerprint density at radius 3 is 2.61 bits per heavy atom. The molecule has 0 amide bonds. The van der Waals surface area contributed by atoms with E-state index in [9.17, 15) is 8.42 Å². The highest BCUT2D eigenvalue weighted by Crippen LogP contribution is 2.30. The molecule has 2 aromatic carbocycles. The van der Waals surface area contributed by atoms with Crippen molar-refractivity contribution < 1.29 is 8.42 Å². The molecule has 172 valence electrons. The number of benzene rings is 2. The van der Waals surface area contributed by atoms with E-state index >= 15 is 0 Å². The molecule has 1 N–H and O–H groups in total. The molecule has 4 rings (SSSR count). The summed E-state index contributed by atoms with van der Waals surface area (Å²) in [5, 5.41) is 8.35. The van der Waals surface area contributed by atoms with Crippen LogP contribution in [0.3, 0.4) is 0 Å². The third-order valence-electron chi connectivity index (χ3n) is 5.26. The SMILES string of the molecule is Cc1ccc(S(=O)(=O)N(C)CCCNc2cc(-c3ccccc3Cl)nc3c(Br)cnn23)cc1. The van der Waals surface area contributed by atoms with E-state index in [0.29, 0.717) is 35.1 Å². The quantitative estimate of drug-likeness (QED) is 0.305. The van der Waals surface area contributed by atoms with E-state index in [0.717, 1.165) is 27.1 Å². The number of anilines is 1. The van der Waals surface area contributed by atoms with Gasteiger partial charge in [-0.25, -0.2) is 17.7 Å². The smallest absolute Gasteiger partial charge is 0.242 e. The lowest BCUT2D eigenvalue weighted by Gasteiger charge is -2.18. The maximum absolute atomic E-state index is 12.8. The lowest BCUT2D eigenvalue weighted by molar-refractivity contribution is 0.465. The zero-order valence-corrected chi connectivity index (χ0v) is 21.3. The van der Waals surface area contributed by atoms with Crippen LogP contribution in [0.5, 0.6) is 0 Å². The molecule has 0 fully saturated rings. The van der Waals surface area contributed by atoms with Crippen molar-refractivity contribution in [1.82, 2.24) is 18.9 Å². The number of hydrogen-bond donors (Lipinski definition) is 1. The van der Waals surface area contributed by atoms with Crippen LogP contribution in [0.25, 0.3) is 16.9 Å². The van der Waals surface area contributed by atoms with Crippen molar-refractivity contribution in [1.29, 1.82) is 0 Å². The largest absolute Gasteiger partial charge is 0.370 e. The predicted molar refractivity (Wildman–Crippen MR) is 135 cm³/mol. The molecule has 0 saturated carbocycles. The van der Waals surface area contributed by atoms with Crippen molar-refractivity contribution in [2.24, 2.45) is 0 Å². The minimum atomic E-state index is -3.52. The average molecular weight is 549 g/mol. The standard InChI is InChI=1S/C23H23BrClN5O2S/c1-16-8-10-17(11-9-16)33(31,32)29(2)13-5-12-26-22-14-21(18-6-3-4-7-20(18)25)28-23-19(24)15-27-30(22)23/h3-4,6-11,14-15,26H,5,12-13H2,1-2H3. The number of rotatable bonds is 8. The second kappa shape index (κ2) is 9.80. The first-order valence-corrected chi connectivity index (χ1v) is 12.9. The van der Waals surface area contributed by atoms with Crippen molar-refractivity contribution >= 4 is 49.0 Å². The fourth-order valence-corrected chi connectivity index (χ4v) is 5.19. The third kappa shape index (κ3) is 5.06. The minimum Gasteiger partial charge on any atom is -0.370 e. The highest BCUT2D eigenvalue weighted by Gasteiger charge is 2.20. The molecule has 4 aromatic rings. The Hall–Kier alpha value is -2.46. The van der Waals surface area contributed by atoms with Gasteiger partial charge in [-0.15, -0.1) is 0 Å². The Bertz CT molecular complexity index is 1390. The van der Waals surface area contributed by atoms with Crippen LogP contribution in [-0.2, 0) is 10.0 Å². The second-order valence-electron chi connectivity index (χ2n) is 7.65. The lowest BCUT2D eigenvalue weighted by atomic mass is 10.1. The van der Waals surface area contributed by atoms with E-state index in [4.69, 9.17) is 16.6 Å². The second-order valence-corrected chi connectivity index (χ2v) is 11.0. The van der Waals surface area contributed by atoms with E-state index in [1.807, 2.05) is 37.3 Å². The summed E-state index contributed by atoms with van der Waals surface area (Å²) in [4.78, 5) is 4.99. The number of aromatic nitrogens is 3. The maximum Gasteiger partial charge on any atom is 0.242 e. The Balaban J connectivity index is 1.48. The van der Waals surface area contributed by atoms with Crippen LogP contribution >= 0.6 is 27.5 Å². The summed E-state index contributed by atoms with van der Waals surface area (Å²) in [6.45, 7) is 2.85. The van der Waals surface area contributed by atoms with Crippen LogP contribution in [0.1, 0.15) is 12.0 Å². The number of fused-ring (bicyclic) bond motifs is 1. The molecule has 0 saturated heterocycles. The van der Waals surface area contributed by atoms with Gasteiger partial charge in [0.2, 0.25) is 10.0 Å². The van der Waals surface area contributed by atoms with Crippen LogP contribution in [-0.4, -0.2) is 47.5 Å². The van der Waals surface area contributed by atoms with E-state index in [1.165, 1.54) is 4.31 Å². The number of aryl methyl sites for hydroxylation is 1. The first kappa shape index (κ1) is 23.7. The van der Waals surface area contributed by atoms with Crippen LogP contribution in [0.4, 0.5) is 5.82 Å². The number of sulfonamides is 1. The van der Waals surface area contributed by atoms with Gasteiger partial charge in [-0.1, -0.05) is 47.5 Å². The summed E-state index contributed by atoms with van der Waals surface area (Å²) in [6, 6.07) is 16.3. The first-order valence-electron chi connectivity index (χ1n) is 10.3. The van der Waals surface area contributed by atoms with Gasteiger partial charge in [0.05, 0.1) is 21.3 Å². The summed E-state index contributed by atoms with van der Waals surface area (Å²) in [6.07, 6.45) is 2.29. The summed E-state index contributed by atoms with van der Waals surface area (Å²) in [7, 11) is -1.93. The first-order chi connectivity index (χ1) is 15.8. The molecule has 10 heteroatoms. The number of nitrogens with one attached hydrogen (secondary N) is 1. The fraction of sp³-hybridized carbons (Fsp3) is 0.217. The predicted octanol–water partition coefficient (Wildman–Crippen LogP) is 5.24. The van der Waals surface area contributed by atoms with Crippen molar-refractivity contribution in [3.63, 3.8) is 0 Å². The van der Waals surface area contributed by atoms with Crippen molar-refractivity contribution in [2.45, 2.75) is 18.2 Å². The Labute approximate surface area is 206 Å². The molecule has 7 nitrogen and oxygen atoms in total. The highest BCUT2D eigenvalue weighted by molar-refractivity contribution is 9.10. The molecule has 2 heterocycles. The Morgan fingerprint density at radius 1 is 1.15 bits per heavy atom. The number of halogens is 2. The molecule has 0 bridgehead atoms. The summed E-state index contributed by atoms with van der Waals surface area (Å²) < 4.78 is 29.4. The molecular formula is C23H23BrClN5O2S. The monoisotopic (exact) mass is 547 g/mol. The summed E-state index contributed by atoms with van der Waals surface area (Å²) in [5.74, 6) is 0.740. The van der Waals surface area contributed by atoms with Gasteiger partial charge in [0, 0.05) is 36.8 Å². The van der Waals surface area contributed by atoms with Crippen molar-refractivity contribution in [3.05, 3.63) is 75.9 Å². The lowest BCUT2D eigenvalue weighted by Crippen LogP contribution is -2.29. The molecule has 0 atom stereocenters. The topological polar surface area (TPSA) is 79.6 Å². The van der Waals surface area contributed by atoms with Gasteiger partial charge in [-0.05, 0) is 47.5 Å². The van der Waals surface area contributed by atoms with Gasteiger partial charge in [-0.2, -0.15) is 9.61 Å². The Morgan fingerprint density at radius 2 is 1.88 bits per heavy atom. The maximum atomic E-state index is 12.8. The molecule has 2 aromatic heterocycles. The minimum absolute atomic E-state index is 0.296. The van der Waals surface area contributed by atoms with Gasteiger partial charge in [0.25, 0.3) is 0 Å².